The van der Waals surface area contributed by atoms with Crippen molar-refractivity contribution in [2.75, 3.05) is 13.2 Å². The molecule has 1 saturated carbocycles. The van der Waals surface area contributed by atoms with Crippen LogP contribution in [0.1, 0.15) is 12.5 Å². The molecule has 0 spiro atoms. The fourth-order valence-electron chi connectivity index (χ4n) is 2.20. The number of hydrogen-bond acceptors (Lipinski definition) is 4. The number of hydrogen-bond donors (Lipinski definition) is 2. The Hall–Kier alpha value is -1.20. The van der Waals surface area contributed by atoms with Crippen LogP contribution in [-0.2, 0) is 0 Å². The number of aromatic nitrogens is 2. The van der Waals surface area contributed by atoms with Crippen molar-refractivity contribution in [2.45, 2.75) is 12.5 Å². The van der Waals surface area contributed by atoms with E-state index >= 15 is 0 Å². The molecule has 15 heavy (non-hydrogen) atoms. The van der Waals surface area contributed by atoms with Crippen LogP contribution < -0.4 is 5.69 Å². The highest BCUT2D eigenvalue weighted by molar-refractivity contribution is 4.96. The Kier molecular flexibility index (Phi) is 2.83. The minimum Gasteiger partial charge on any atom is -0.396 e. The van der Waals surface area contributed by atoms with Gasteiger partial charge >= 0.3 is 5.69 Å². The third kappa shape index (κ3) is 1.68. The van der Waals surface area contributed by atoms with E-state index in [1.165, 1.54) is 10.8 Å². The van der Waals surface area contributed by atoms with Gasteiger partial charge in [-0.3, -0.25) is 4.57 Å². The number of rotatable bonds is 3. The van der Waals surface area contributed by atoms with Gasteiger partial charge in [0, 0.05) is 37.6 Å². The summed E-state index contributed by atoms with van der Waals surface area (Å²) in [5.74, 6) is 0.0732. The third-order valence-corrected chi connectivity index (χ3v) is 3.19. The molecule has 1 aliphatic carbocycles. The first kappa shape index (κ1) is 10.3. The zero-order chi connectivity index (χ0) is 10.8. The summed E-state index contributed by atoms with van der Waals surface area (Å²) in [4.78, 5) is 15.1. The maximum atomic E-state index is 11.4. The van der Waals surface area contributed by atoms with E-state index in [1.807, 2.05) is 0 Å². The van der Waals surface area contributed by atoms with E-state index in [0.29, 0.717) is 0 Å². The molecule has 0 aliphatic heterocycles. The second-order valence-electron chi connectivity index (χ2n) is 3.90. The molecule has 0 amide bonds. The predicted octanol–water partition coefficient (Wildman–Crippen LogP) is -0.595. The van der Waals surface area contributed by atoms with Gasteiger partial charge in [-0.15, -0.1) is 0 Å². The number of aliphatic hydroxyl groups excluding tert-OH is 2. The van der Waals surface area contributed by atoms with E-state index in [-0.39, 0.29) is 36.8 Å². The van der Waals surface area contributed by atoms with Crippen LogP contribution in [0, 0.1) is 11.8 Å². The summed E-state index contributed by atoms with van der Waals surface area (Å²) in [7, 11) is 0. The molecule has 1 aromatic heterocycles. The van der Waals surface area contributed by atoms with Crippen LogP contribution in [0.15, 0.2) is 23.3 Å². The molecule has 3 atom stereocenters. The summed E-state index contributed by atoms with van der Waals surface area (Å²) in [5.41, 5.74) is -0.294. The zero-order valence-corrected chi connectivity index (χ0v) is 8.28. The van der Waals surface area contributed by atoms with Crippen LogP contribution in [0.4, 0.5) is 0 Å². The van der Waals surface area contributed by atoms with Gasteiger partial charge in [-0.25, -0.2) is 9.78 Å². The van der Waals surface area contributed by atoms with Crippen molar-refractivity contribution in [1.82, 2.24) is 9.55 Å². The van der Waals surface area contributed by atoms with Gasteiger partial charge in [0.25, 0.3) is 0 Å². The lowest BCUT2D eigenvalue weighted by molar-refractivity contribution is -0.00869. The highest BCUT2D eigenvalue weighted by Crippen LogP contribution is 2.42. The fraction of sp³-hybridized carbons (Fsp3) is 0.600. The van der Waals surface area contributed by atoms with Crippen molar-refractivity contribution in [1.29, 1.82) is 0 Å². The summed E-state index contributed by atoms with van der Waals surface area (Å²) >= 11 is 0. The highest BCUT2D eigenvalue weighted by Gasteiger charge is 2.41. The zero-order valence-electron chi connectivity index (χ0n) is 8.28. The van der Waals surface area contributed by atoms with Gasteiger partial charge in [0.15, 0.2) is 0 Å². The second kappa shape index (κ2) is 4.12. The first-order valence-corrected chi connectivity index (χ1v) is 5.02. The first-order chi connectivity index (χ1) is 7.27. The van der Waals surface area contributed by atoms with E-state index < -0.39 is 0 Å². The Morgan fingerprint density at radius 1 is 1.47 bits per heavy atom. The lowest BCUT2D eigenvalue weighted by Gasteiger charge is -2.43. The average molecular weight is 210 g/mol. The molecule has 82 valence electrons. The maximum Gasteiger partial charge on any atom is 0.347 e. The van der Waals surface area contributed by atoms with Crippen LogP contribution in [0.3, 0.4) is 0 Å². The molecule has 1 aromatic rings. The molecule has 0 saturated heterocycles. The molecular formula is C10H14N2O3. The minimum atomic E-state index is -0.294. The maximum absolute atomic E-state index is 11.4. The molecular weight excluding hydrogens is 196 g/mol. The SMILES string of the molecule is O=c1ncccn1C1CC(CO)C1CO. The number of aliphatic hydroxyl groups is 2. The van der Waals surface area contributed by atoms with Gasteiger partial charge < -0.3 is 10.2 Å². The molecule has 2 N–H and O–H groups in total. The van der Waals surface area contributed by atoms with E-state index in [0.717, 1.165) is 6.42 Å². The molecule has 2 rings (SSSR count). The summed E-state index contributed by atoms with van der Waals surface area (Å²) < 4.78 is 1.53. The lowest BCUT2D eigenvalue weighted by atomic mass is 9.70. The van der Waals surface area contributed by atoms with Crippen molar-refractivity contribution in [3.8, 4) is 0 Å². The molecule has 1 aliphatic rings. The van der Waals surface area contributed by atoms with E-state index in [2.05, 4.69) is 4.98 Å². The lowest BCUT2D eigenvalue weighted by Crippen LogP contribution is -2.46. The van der Waals surface area contributed by atoms with Crippen LogP contribution in [-0.4, -0.2) is 33.0 Å². The molecule has 0 aromatic carbocycles. The molecule has 1 heterocycles. The van der Waals surface area contributed by atoms with E-state index in [1.54, 1.807) is 12.3 Å². The summed E-state index contributed by atoms with van der Waals surface area (Å²) in [6, 6.07) is 1.68. The Balaban J connectivity index is 2.20. The van der Waals surface area contributed by atoms with Crippen molar-refractivity contribution >= 4 is 0 Å². The Morgan fingerprint density at radius 2 is 2.27 bits per heavy atom. The van der Waals surface area contributed by atoms with Crippen LogP contribution >= 0.6 is 0 Å². The van der Waals surface area contributed by atoms with Gasteiger partial charge in [0.05, 0.1) is 0 Å². The second-order valence-corrected chi connectivity index (χ2v) is 3.90. The van der Waals surface area contributed by atoms with Crippen LogP contribution in [0.5, 0.6) is 0 Å². The van der Waals surface area contributed by atoms with E-state index in [9.17, 15) is 4.79 Å². The van der Waals surface area contributed by atoms with E-state index in [4.69, 9.17) is 10.2 Å². The van der Waals surface area contributed by atoms with Gasteiger partial charge in [0.1, 0.15) is 0 Å². The molecule has 0 bridgehead atoms. The smallest absolute Gasteiger partial charge is 0.347 e. The summed E-state index contributed by atoms with van der Waals surface area (Å²) in [6.45, 7) is 0.0635. The van der Waals surface area contributed by atoms with Crippen molar-refractivity contribution < 1.29 is 10.2 Å². The molecule has 3 unspecified atom stereocenters. The highest BCUT2D eigenvalue weighted by atomic mass is 16.3. The first-order valence-electron chi connectivity index (χ1n) is 5.02. The van der Waals surface area contributed by atoms with Crippen molar-refractivity contribution in [3.05, 3.63) is 28.9 Å². The predicted molar refractivity (Wildman–Crippen MR) is 53.3 cm³/mol. The van der Waals surface area contributed by atoms with Gasteiger partial charge in [-0.1, -0.05) is 0 Å². The molecule has 5 heteroatoms. The molecule has 1 fully saturated rings. The summed E-state index contributed by atoms with van der Waals surface area (Å²) in [5, 5.41) is 18.2. The van der Waals surface area contributed by atoms with Crippen molar-refractivity contribution in [3.63, 3.8) is 0 Å². The normalized spacial score (nSPS) is 29.9. The molecule has 0 radical (unpaired) electrons. The largest absolute Gasteiger partial charge is 0.396 e. The average Bonchev–Trinajstić information content (AvgIpc) is 2.21. The van der Waals surface area contributed by atoms with Gasteiger partial charge in [0.2, 0.25) is 0 Å². The Bertz CT molecular complexity index is 390. The number of nitrogens with zero attached hydrogens (tertiary/aromatic N) is 2. The molecule has 5 nitrogen and oxygen atoms in total. The Labute approximate surface area is 87.0 Å². The topological polar surface area (TPSA) is 75.4 Å². The van der Waals surface area contributed by atoms with Gasteiger partial charge in [-0.05, 0) is 18.4 Å². The Morgan fingerprint density at radius 3 is 2.87 bits per heavy atom. The van der Waals surface area contributed by atoms with Crippen LogP contribution in [0.2, 0.25) is 0 Å². The summed E-state index contributed by atoms with van der Waals surface area (Å²) in [6.07, 6.45) is 3.86. The minimum absolute atomic E-state index is 0.00275. The quantitative estimate of drug-likeness (QED) is 0.699. The standard InChI is InChI=1S/C10H14N2O3/c13-5-7-4-9(8(7)6-14)12-3-1-2-11-10(12)15/h1-3,7-9,13-14H,4-6H2. The fourth-order valence-corrected chi connectivity index (χ4v) is 2.20. The monoisotopic (exact) mass is 210 g/mol. The van der Waals surface area contributed by atoms with Gasteiger partial charge in [-0.2, -0.15) is 0 Å². The third-order valence-electron chi connectivity index (χ3n) is 3.19. The van der Waals surface area contributed by atoms with Crippen LogP contribution in [0.25, 0.3) is 0 Å². The van der Waals surface area contributed by atoms with Crippen molar-refractivity contribution in [2.24, 2.45) is 11.8 Å².